The maximum Gasteiger partial charge on any atom is 0.256 e. The number of aromatic nitrogens is 1. The van der Waals surface area contributed by atoms with E-state index in [0.29, 0.717) is 28.8 Å². The standard InChI is InChI=1S/C23H28N4O4S2/c1-12-21(32-23(24-12)25-14(3)28)17-8-18-10-27(13(2)16-6-7-16)22(29)20(18)19(9-17)26-33(30,31)11-15-4-5-15/h8-9,13,15-16,26H,4-7,10-11H2,1-3H3,(H,24,25,28)/t13-/m0/s1. The zero-order chi connectivity index (χ0) is 23.5. The smallest absolute Gasteiger partial charge is 0.256 e. The van der Waals surface area contributed by atoms with Gasteiger partial charge in [-0.2, -0.15) is 0 Å². The van der Waals surface area contributed by atoms with Crippen molar-refractivity contribution in [2.24, 2.45) is 11.8 Å². The van der Waals surface area contributed by atoms with Crippen LogP contribution in [0.3, 0.4) is 0 Å². The summed E-state index contributed by atoms with van der Waals surface area (Å²) in [6.07, 6.45) is 4.10. The second kappa shape index (κ2) is 8.09. The van der Waals surface area contributed by atoms with Gasteiger partial charge in [0.15, 0.2) is 5.13 Å². The lowest BCUT2D eigenvalue weighted by Crippen LogP contribution is -2.35. The summed E-state index contributed by atoms with van der Waals surface area (Å²) in [4.78, 5) is 32.0. The second-order valence-electron chi connectivity index (χ2n) is 9.51. The molecule has 3 aliphatic rings. The lowest BCUT2D eigenvalue weighted by molar-refractivity contribution is -0.114. The molecule has 10 heteroatoms. The van der Waals surface area contributed by atoms with E-state index in [1.807, 2.05) is 17.9 Å². The summed E-state index contributed by atoms with van der Waals surface area (Å²) in [6, 6.07) is 3.83. The molecule has 33 heavy (non-hydrogen) atoms. The highest BCUT2D eigenvalue weighted by atomic mass is 32.2. The van der Waals surface area contributed by atoms with E-state index in [1.54, 1.807) is 6.07 Å². The zero-order valence-corrected chi connectivity index (χ0v) is 20.6. The van der Waals surface area contributed by atoms with Crippen LogP contribution in [0, 0.1) is 18.8 Å². The van der Waals surface area contributed by atoms with Crippen LogP contribution in [0.1, 0.15) is 61.1 Å². The van der Waals surface area contributed by atoms with Gasteiger partial charge in [-0.25, -0.2) is 13.4 Å². The Hall–Kier alpha value is -2.46. The van der Waals surface area contributed by atoms with Crippen molar-refractivity contribution in [2.75, 3.05) is 15.8 Å². The Kier molecular flexibility index (Phi) is 5.48. The highest BCUT2D eigenvalue weighted by Gasteiger charge is 2.40. The molecule has 2 aliphatic carbocycles. The van der Waals surface area contributed by atoms with Crippen LogP contribution in [0.5, 0.6) is 0 Å². The Morgan fingerprint density at radius 2 is 2.00 bits per heavy atom. The van der Waals surface area contributed by atoms with Gasteiger partial charge in [0.1, 0.15) is 0 Å². The first kappa shape index (κ1) is 22.3. The molecule has 0 saturated heterocycles. The molecule has 1 aromatic carbocycles. The summed E-state index contributed by atoms with van der Waals surface area (Å²) in [5, 5.41) is 3.20. The molecular formula is C23H28N4O4S2. The molecule has 0 unspecified atom stereocenters. The van der Waals surface area contributed by atoms with Crippen molar-refractivity contribution in [3.8, 4) is 10.4 Å². The second-order valence-corrected chi connectivity index (χ2v) is 12.3. The summed E-state index contributed by atoms with van der Waals surface area (Å²) in [7, 11) is -3.57. The lowest BCUT2D eigenvalue weighted by atomic mass is 10.0. The fourth-order valence-electron chi connectivity index (χ4n) is 4.52. The van der Waals surface area contributed by atoms with Crippen LogP contribution >= 0.6 is 11.3 Å². The predicted molar refractivity (Wildman–Crippen MR) is 129 cm³/mol. The van der Waals surface area contributed by atoms with Crippen molar-refractivity contribution in [3.63, 3.8) is 0 Å². The third-order valence-corrected chi connectivity index (χ3v) is 9.15. The zero-order valence-electron chi connectivity index (χ0n) is 19.0. The number of sulfonamides is 1. The molecule has 2 heterocycles. The van der Waals surface area contributed by atoms with Crippen molar-refractivity contribution in [2.45, 2.75) is 59.0 Å². The number of hydrogen-bond acceptors (Lipinski definition) is 6. The van der Waals surface area contributed by atoms with Gasteiger partial charge in [0.25, 0.3) is 5.91 Å². The normalized spacial score (nSPS) is 18.9. The number of anilines is 2. The Labute approximate surface area is 197 Å². The molecule has 2 saturated carbocycles. The van der Waals surface area contributed by atoms with Gasteiger partial charge in [0, 0.05) is 19.5 Å². The quantitative estimate of drug-likeness (QED) is 0.584. The van der Waals surface area contributed by atoms with Crippen LogP contribution in [0.2, 0.25) is 0 Å². The van der Waals surface area contributed by atoms with Gasteiger partial charge in [0.05, 0.1) is 27.6 Å². The molecule has 1 aliphatic heterocycles. The number of nitrogens with zero attached hydrogens (tertiary/aromatic N) is 2. The number of hydrogen-bond donors (Lipinski definition) is 2. The Bertz CT molecular complexity index is 1250. The fourth-order valence-corrected chi connectivity index (χ4v) is 7.06. The molecular weight excluding hydrogens is 460 g/mol. The highest BCUT2D eigenvalue weighted by molar-refractivity contribution is 7.92. The number of rotatable bonds is 8. The molecule has 5 rings (SSSR count). The first-order valence-corrected chi connectivity index (χ1v) is 13.8. The van der Waals surface area contributed by atoms with Crippen LogP contribution in [0.25, 0.3) is 10.4 Å². The fraction of sp³-hybridized carbons (Fsp3) is 0.522. The molecule has 2 aromatic rings. The summed E-state index contributed by atoms with van der Waals surface area (Å²) in [5.74, 6) is 0.480. The number of carbonyl (C=O) groups is 2. The topological polar surface area (TPSA) is 108 Å². The molecule has 2 amide bonds. The molecule has 1 aromatic heterocycles. The first-order valence-electron chi connectivity index (χ1n) is 11.3. The number of thiazole rings is 1. The lowest BCUT2D eigenvalue weighted by Gasteiger charge is -2.24. The van der Waals surface area contributed by atoms with E-state index in [0.717, 1.165) is 47.4 Å². The van der Waals surface area contributed by atoms with Crippen molar-refractivity contribution >= 4 is 44.0 Å². The summed E-state index contributed by atoms with van der Waals surface area (Å²) in [5.41, 5.74) is 3.15. The largest absolute Gasteiger partial charge is 0.331 e. The Morgan fingerprint density at radius 1 is 1.27 bits per heavy atom. The van der Waals surface area contributed by atoms with E-state index in [-0.39, 0.29) is 29.5 Å². The molecule has 2 fully saturated rings. The van der Waals surface area contributed by atoms with Gasteiger partial charge < -0.3 is 10.2 Å². The number of carbonyl (C=O) groups excluding carboxylic acids is 2. The molecule has 1 atom stereocenters. The van der Waals surface area contributed by atoms with E-state index in [2.05, 4.69) is 21.9 Å². The number of benzene rings is 1. The Morgan fingerprint density at radius 3 is 2.64 bits per heavy atom. The number of fused-ring (bicyclic) bond motifs is 1. The number of aryl methyl sites for hydroxylation is 1. The van der Waals surface area contributed by atoms with Crippen LogP contribution < -0.4 is 10.0 Å². The predicted octanol–water partition coefficient (Wildman–Crippen LogP) is 3.98. The van der Waals surface area contributed by atoms with Crippen LogP contribution in [0.4, 0.5) is 10.8 Å². The van der Waals surface area contributed by atoms with Gasteiger partial charge in [-0.05, 0) is 74.6 Å². The summed E-state index contributed by atoms with van der Waals surface area (Å²) < 4.78 is 28.4. The maximum absolute atomic E-state index is 13.4. The van der Waals surface area contributed by atoms with Crippen LogP contribution in [0.15, 0.2) is 12.1 Å². The number of nitrogens with one attached hydrogen (secondary N) is 2. The molecule has 0 bridgehead atoms. The summed E-state index contributed by atoms with van der Waals surface area (Å²) in [6.45, 7) is 5.83. The maximum atomic E-state index is 13.4. The van der Waals surface area contributed by atoms with Gasteiger partial charge >= 0.3 is 0 Å². The van der Waals surface area contributed by atoms with E-state index in [4.69, 9.17) is 0 Å². The SMILES string of the molecule is CC(=O)Nc1nc(C)c(-c2cc3c(c(NS(=O)(=O)CC4CC4)c2)C(=O)N([C@@H](C)C2CC2)C3)s1. The third-order valence-electron chi connectivity index (χ3n) is 6.59. The van der Waals surface area contributed by atoms with Gasteiger partial charge in [-0.1, -0.05) is 11.3 Å². The highest BCUT2D eigenvalue weighted by Crippen LogP contribution is 2.43. The molecule has 0 spiro atoms. The minimum Gasteiger partial charge on any atom is -0.331 e. The van der Waals surface area contributed by atoms with Crippen LogP contribution in [-0.2, 0) is 21.4 Å². The van der Waals surface area contributed by atoms with E-state index in [1.165, 1.54) is 18.3 Å². The van der Waals surface area contributed by atoms with Crippen molar-refractivity contribution in [3.05, 3.63) is 29.0 Å². The average Bonchev–Trinajstić information content (AvgIpc) is 3.63. The average molecular weight is 489 g/mol. The Balaban J connectivity index is 1.55. The molecule has 0 radical (unpaired) electrons. The van der Waals surface area contributed by atoms with Gasteiger partial charge in [-0.3, -0.25) is 14.3 Å². The monoisotopic (exact) mass is 488 g/mol. The molecule has 176 valence electrons. The van der Waals surface area contributed by atoms with E-state index in [9.17, 15) is 18.0 Å². The first-order chi connectivity index (χ1) is 15.6. The van der Waals surface area contributed by atoms with E-state index < -0.39 is 10.0 Å². The molecule has 2 N–H and O–H groups in total. The van der Waals surface area contributed by atoms with Crippen molar-refractivity contribution < 1.29 is 18.0 Å². The van der Waals surface area contributed by atoms with Crippen molar-refractivity contribution in [1.82, 2.24) is 9.88 Å². The van der Waals surface area contributed by atoms with Gasteiger partial charge in [0.2, 0.25) is 15.9 Å². The minimum atomic E-state index is -3.57. The third kappa shape index (κ3) is 4.63. The summed E-state index contributed by atoms with van der Waals surface area (Å²) >= 11 is 1.34. The van der Waals surface area contributed by atoms with Crippen LogP contribution in [-0.4, -0.2) is 41.9 Å². The van der Waals surface area contributed by atoms with Gasteiger partial charge in [-0.15, -0.1) is 0 Å². The molecule has 8 nitrogen and oxygen atoms in total. The minimum absolute atomic E-state index is 0.0780. The van der Waals surface area contributed by atoms with E-state index >= 15 is 0 Å². The van der Waals surface area contributed by atoms with Crippen molar-refractivity contribution in [1.29, 1.82) is 0 Å². The number of amides is 2.